The van der Waals surface area contributed by atoms with E-state index in [1.165, 1.54) is 61.8 Å². The standard InChI is InChI=1S/C17H26N2S2/c1-2-4-15(5-3-1)6-8-19-9-7-16(13-19)18-12-17-14-20-10-11-21-17/h1-5,16-18H,6-14H2. The van der Waals surface area contributed by atoms with Crippen molar-refractivity contribution in [2.45, 2.75) is 24.1 Å². The van der Waals surface area contributed by atoms with Crippen molar-refractivity contribution in [1.29, 1.82) is 0 Å². The first-order valence-corrected chi connectivity index (χ1v) is 10.3. The Morgan fingerprint density at radius 2 is 2.10 bits per heavy atom. The molecule has 21 heavy (non-hydrogen) atoms. The molecule has 2 fully saturated rings. The smallest absolute Gasteiger partial charge is 0.0263 e. The van der Waals surface area contributed by atoms with Gasteiger partial charge < -0.3 is 10.2 Å². The third kappa shape index (κ3) is 5.20. The monoisotopic (exact) mass is 322 g/mol. The van der Waals surface area contributed by atoms with E-state index in [4.69, 9.17) is 0 Å². The van der Waals surface area contributed by atoms with Crippen molar-refractivity contribution in [2.75, 3.05) is 43.4 Å². The Morgan fingerprint density at radius 3 is 2.90 bits per heavy atom. The van der Waals surface area contributed by atoms with Gasteiger partial charge in [-0.25, -0.2) is 0 Å². The Bertz CT molecular complexity index is 407. The van der Waals surface area contributed by atoms with Crippen LogP contribution in [0.1, 0.15) is 12.0 Å². The average Bonchev–Trinajstić information content (AvgIpc) is 3.01. The first-order chi connectivity index (χ1) is 10.4. The Kier molecular flexibility index (Phi) is 6.34. The number of thioether (sulfide) groups is 2. The Morgan fingerprint density at radius 1 is 1.19 bits per heavy atom. The van der Waals surface area contributed by atoms with Crippen LogP contribution in [0, 0.1) is 0 Å². The molecule has 0 aromatic heterocycles. The maximum Gasteiger partial charge on any atom is 0.0263 e. The van der Waals surface area contributed by atoms with Gasteiger partial charge in [0.25, 0.3) is 0 Å². The van der Waals surface area contributed by atoms with Crippen molar-refractivity contribution in [3.05, 3.63) is 35.9 Å². The van der Waals surface area contributed by atoms with Crippen LogP contribution in [0.5, 0.6) is 0 Å². The number of likely N-dealkylation sites (tertiary alicyclic amines) is 1. The van der Waals surface area contributed by atoms with Crippen LogP contribution in [0.3, 0.4) is 0 Å². The summed E-state index contributed by atoms with van der Waals surface area (Å²) in [5.41, 5.74) is 1.46. The zero-order chi connectivity index (χ0) is 14.3. The molecule has 2 aliphatic heterocycles. The summed E-state index contributed by atoms with van der Waals surface area (Å²) in [6.07, 6.45) is 2.50. The van der Waals surface area contributed by atoms with E-state index in [-0.39, 0.29) is 0 Å². The van der Waals surface area contributed by atoms with Crippen LogP contribution in [-0.2, 0) is 6.42 Å². The molecule has 2 atom stereocenters. The number of hydrogen-bond acceptors (Lipinski definition) is 4. The minimum Gasteiger partial charge on any atom is -0.312 e. The normalized spacial score (nSPS) is 27.0. The second kappa shape index (κ2) is 8.47. The van der Waals surface area contributed by atoms with Gasteiger partial charge in [-0.1, -0.05) is 30.3 Å². The predicted octanol–water partition coefficient (Wildman–Crippen LogP) is 2.74. The van der Waals surface area contributed by atoms with Crippen LogP contribution in [-0.4, -0.2) is 59.6 Å². The van der Waals surface area contributed by atoms with Gasteiger partial charge in [0.15, 0.2) is 0 Å². The van der Waals surface area contributed by atoms with Crippen LogP contribution >= 0.6 is 23.5 Å². The van der Waals surface area contributed by atoms with Crippen molar-refractivity contribution in [2.24, 2.45) is 0 Å². The van der Waals surface area contributed by atoms with Gasteiger partial charge in [-0.05, 0) is 24.9 Å². The lowest BCUT2D eigenvalue weighted by molar-refractivity contribution is 0.332. The van der Waals surface area contributed by atoms with E-state index < -0.39 is 0 Å². The molecule has 2 nitrogen and oxygen atoms in total. The molecule has 0 radical (unpaired) electrons. The van der Waals surface area contributed by atoms with Gasteiger partial charge in [0, 0.05) is 48.2 Å². The molecule has 4 heteroatoms. The molecule has 0 spiro atoms. The molecular formula is C17H26N2S2. The highest BCUT2D eigenvalue weighted by Crippen LogP contribution is 2.23. The van der Waals surface area contributed by atoms with Gasteiger partial charge in [0.1, 0.15) is 0 Å². The molecule has 3 rings (SSSR count). The largest absolute Gasteiger partial charge is 0.312 e. The van der Waals surface area contributed by atoms with E-state index in [2.05, 4.69) is 64.1 Å². The number of hydrogen-bond donors (Lipinski definition) is 1. The second-order valence-electron chi connectivity index (χ2n) is 6.00. The van der Waals surface area contributed by atoms with E-state index in [0.29, 0.717) is 6.04 Å². The summed E-state index contributed by atoms with van der Waals surface area (Å²) in [6.45, 7) is 4.90. The molecule has 2 aliphatic rings. The lowest BCUT2D eigenvalue weighted by Gasteiger charge is -2.23. The maximum absolute atomic E-state index is 3.80. The summed E-state index contributed by atoms with van der Waals surface area (Å²) in [5, 5.41) is 4.64. The van der Waals surface area contributed by atoms with Crippen molar-refractivity contribution < 1.29 is 0 Å². The highest BCUT2D eigenvalue weighted by atomic mass is 32.2. The molecule has 2 unspecified atom stereocenters. The molecular weight excluding hydrogens is 296 g/mol. The zero-order valence-electron chi connectivity index (χ0n) is 12.7. The molecule has 2 saturated heterocycles. The van der Waals surface area contributed by atoms with Gasteiger partial charge in [-0.15, -0.1) is 0 Å². The number of nitrogens with zero attached hydrogens (tertiary/aromatic N) is 1. The fourth-order valence-corrected chi connectivity index (χ4v) is 5.71. The van der Waals surface area contributed by atoms with Crippen LogP contribution in [0.15, 0.2) is 30.3 Å². The molecule has 0 saturated carbocycles. The average molecular weight is 323 g/mol. The quantitative estimate of drug-likeness (QED) is 0.866. The molecule has 1 aromatic carbocycles. The van der Waals surface area contributed by atoms with Crippen molar-refractivity contribution in [3.63, 3.8) is 0 Å². The van der Waals surface area contributed by atoms with Gasteiger partial charge in [0.2, 0.25) is 0 Å². The predicted molar refractivity (Wildman–Crippen MR) is 96.6 cm³/mol. The Labute approximate surface area is 137 Å². The summed E-state index contributed by atoms with van der Waals surface area (Å²) in [4.78, 5) is 2.62. The minimum absolute atomic E-state index is 0.716. The maximum atomic E-state index is 3.80. The lowest BCUT2D eigenvalue weighted by Crippen LogP contribution is -2.38. The third-order valence-electron chi connectivity index (χ3n) is 4.35. The SMILES string of the molecule is c1ccc(CCN2CCC(NCC3CSCCS3)C2)cc1. The summed E-state index contributed by atoms with van der Waals surface area (Å²) >= 11 is 4.28. The third-order valence-corrected chi connectivity index (χ3v) is 7.20. The van der Waals surface area contributed by atoms with Crippen molar-refractivity contribution in [3.8, 4) is 0 Å². The summed E-state index contributed by atoms with van der Waals surface area (Å²) in [7, 11) is 0. The molecule has 0 amide bonds. The molecule has 0 bridgehead atoms. The Balaban J connectivity index is 1.33. The summed E-state index contributed by atoms with van der Waals surface area (Å²) in [5.74, 6) is 4.02. The van der Waals surface area contributed by atoms with Crippen molar-refractivity contribution in [1.82, 2.24) is 10.2 Å². The van der Waals surface area contributed by atoms with Crippen LogP contribution < -0.4 is 5.32 Å². The van der Waals surface area contributed by atoms with Gasteiger partial charge in [-0.3, -0.25) is 0 Å². The highest BCUT2D eigenvalue weighted by Gasteiger charge is 2.23. The Hall–Kier alpha value is -0.160. The van der Waals surface area contributed by atoms with Gasteiger partial charge >= 0.3 is 0 Å². The lowest BCUT2D eigenvalue weighted by atomic mass is 10.1. The van der Waals surface area contributed by atoms with Crippen LogP contribution in [0.25, 0.3) is 0 Å². The second-order valence-corrected chi connectivity index (χ2v) is 8.56. The molecule has 0 aliphatic carbocycles. The van der Waals surface area contributed by atoms with E-state index in [0.717, 1.165) is 5.25 Å². The van der Waals surface area contributed by atoms with E-state index in [1.54, 1.807) is 0 Å². The van der Waals surface area contributed by atoms with Gasteiger partial charge in [-0.2, -0.15) is 23.5 Å². The fourth-order valence-electron chi connectivity index (χ4n) is 3.09. The highest BCUT2D eigenvalue weighted by molar-refractivity contribution is 8.06. The molecule has 116 valence electrons. The molecule has 2 heterocycles. The van der Waals surface area contributed by atoms with Crippen molar-refractivity contribution >= 4 is 23.5 Å². The summed E-state index contributed by atoms with van der Waals surface area (Å²) in [6, 6.07) is 11.6. The first kappa shape index (κ1) is 15.7. The van der Waals surface area contributed by atoms with Crippen LogP contribution in [0.4, 0.5) is 0 Å². The number of nitrogens with one attached hydrogen (secondary N) is 1. The summed E-state index contributed by atoms with van der Waals surface area (Å²) < 4.78 is 0. The van der Waals surface area contributed by atoms with E-state index >= 15 is 0 Å². The minimum atomic E-state index is 0.716. The van der Waals surface area contributed by atoms with Crippen LogP contribution in [0.2, 0.25) is 0 Å². The zero-order valence-corrected chi connectivity index (χ0v) is 14.3. The topological polar surface area (TPSA) is 15.3 Å². The van der Waals surface area contributed by atoms with E-state index in [1.807, 2.05) is 0 Å². The first-order valence-electron chi connectivity index (χ1n) is 8.09. The van der Waals surface area contributed by atoms with E-state index in [9.17, 15) is 0 Å². The van der Waals surface area contributed by atoms with Gasteiger partial charge in [0.05, 0.1) is 0 Å². The molecule has 1 N–H and O–H groups in total. The number of benzene rings is 1. The molecule has 1 aromatic rings. The number of rotatable bonds is 6. The fraction of sp³-hybridized carbons (Fsp3) is 0.647.